The first-order chi connectivity index (χ1) is 8.06. The van der Waals surface area contributed by atoms with Crippen molar-refractivity contribution < 1.29 is 14.7 Å². The van der Waals surface area contributed by atoms with Gasteiger partial charge in [0.15, 0.2) is 0 Å². The van der Waals surface area contributed by atoms with Crippen LogP contribution in [-0.4, -0.2) is 53.6 Å². The number of nitrogens with zero attached hydrogens (tertiary/aromatic N) is 3. The molecule has 0 unspecified atom stereocenters. The van der Waals surface area contributed by atoms with Crippen LogP contribution in [0, 0.1) is 17.2 Å². The second kappa shape index (κ2) is 6.09. The molecule has 6 heteroatoms. The number of carboxylic acid groups (broad SMARTS) is 1. The normalized spacial score (nSPS) is 16.4. The zero-order valence-corrected chi connectivity index (χ0v) is 9.93. The summed E-state index contributed by atoms with van der Waals surface area (Å²) in [6, 6.07) is 1.87. The third-order valence-electron chi connectivity index (χ3n) is 3.00. The molecule has 0 aromatic carbocycles. The molecule has 1 aliphatic rings. The molecule has 2 amide bonds. The van der Waals surface area contributed by atoms with Crippen molar-refractivity contribution in [1.29, 1.82) is 5.26 Å². The molecule has 0 saturated carbocycles. The number of hydrogen-bond acceptors (Lipinski definition) is 3. The van der Waals surface area contributed by atoms with E-state index in [1.165, 1.54) is 4.90 Å². The van der Waals surface area contributed by atoms with Crippen molar-refractivity contribution in [3.05, 3.63) is 0 Å². The molecule has 17 heavy (non-hydrogen) atoms. The molecule has 0 aliphatic carbocycles. The van der Waals surface area contributed by atoms with E-state index >= 15 is 0 Å². The number of aliphatic carboxylic acids is 1. The average molecular weight is 239 g/mol. The van der Waals surface area contributed by atoms with Crippen molar-refractivity contribution in [2.45, 2.75) is 19.3 Å². The molecule has 0 spiro atoms. The number of likely N-dealkylation sites (tertiary alicyclic amines) is 1. The van der Waals surface area contributed by atoms with Crippen LogP contribution in [0.15, 0.2) is 0 Å². The van der Waals surface area contributed by atoms with E-state index in [0.717, 1.165) is 0 Å². The van der Waals surface area contributed by atoms with E-state index in [2.05, 4.69) is 0 Å². The highest BCUT2D eigenvalue weighted by Gasteiger charge is 2.28. The molecule has 1 rings (SSSR count). The quantitative estimate of drug-likeness (QED) is 0.787. The Hall–Kier alpha value is -1.77. The first kappa shape index (κ1) is 13.3. The maximum absolute atomic E-state index is 11.9. The Morgan fingerprint density at radius 2 is 2.06 bits per heavy atom. The maximum Gasteiger partial charge on any atom is 0.319 e. The molecule has 1 N–H and O–H groups in total. The topological polar surface area (TPSA) is 84.6 Å². The van der Waals surface area contributed by atoms with Crippen LogP contribution in [0.4, 0.5) is 4.79 Å². The fourth-order valence-electron chi connectivity index (χ4n) is 1.87. The highest BCUT2D eigenvalue weighted by Crippen LogP contribution is 2.18. The second-order valence-corrected chi connectivity index (χ2v) is 4.21. The van der Waals surface area contributed by atoms with Crippen molar-refractivity contribution in [3.8, 4) is 6.07 Å². The van der Waals surface area contributed by atoms with Crippen LogP contribution in [-0.2, 0) is 4.79 Å². The van der Waals surface area contributed by atoms with Gasteiger partial charge < -0.3 is 14.9 Å². The molecule has 1 aliphatic heterocycles. The van der Waals surface area contributed by atoms with Crippen molar-refractivity contribution in [1.82, 2.24) is 9.80 Å². The first-order valence-electron chi connectivity index (χ1n) is 5.66. The molecule has 1 saturated heterocycles. The summed E-state index contributed by atoms with van der Waals surface area (Å²) >= 11 is 0. The maximum atomic E-state index is 11.9. The zero-order valence-electron chi connectivity index (χ0n) is 9.93. The van der Waals surface area contributed by atoms with Crippen LogP contribution < -0.4 is 0 Å². The third kappa shape index (κ3) is 3.63. The molecule has 0 aromatic heterocycles. The number of piperidine rings is 1. The fraction of sp³-hybridized carbons (Fsp3) is 0.727. The number of nitriles is 1. The second-order valence-electron chi connectivity index (χ2n) is 4.21. The number of amides is 2. The Bertz CT molecular complexity index is 329. The van der Waals surface area contributed by atoms with Gasteiger partial charge in [0.25, 0.3) is 0 Å². The van der Waals surface area contributed by atoms with Gasteiger partial charge in [-0.1, -0.05) is 0 Å². The van der Waals surface area contributed by atoms with Gasteiger partial charge in [0.2, 0.25) is 0 Å². The molecule has 0 aromatic rings. The van der Waals surface area contributed by atoms with Crippen LogP contribution in [0.5, 0.6) is 0 Å². The van der Waals surface area contributed by atoms with Crippen LogP contribution in [0.2, 0.25) is 0 Å². The smallest absolute Gasteiger partial charge is 0.319 e. The molecular formula is C11H17N3O3. The van der Waals surface area contributed by atoms with Gasteiger partial charge >= 0.3 is 12.0 Å². The summed E-state index contributed by atoms with van der Waals surface area (Å²) in [4.78, 5) is 25.8. The minimum absolute atomic E-state index is 0.121. The number of carboxylic acids is 1. The minimum Gasteiger partial charge on any atom is -0.481 e. The van der Waals surface area contributed by atoms with E-state index in [-0.39, 0.29) is 11.9 Å². The highest BCUT2D eigenvalue weighted by atomic mass is 16.4. The Balaban J connectivity index is 2.40. The lowest BCUT2D eigenvalue weighted by molar-refractivity contribution is -0.143. The van der Waals surface area contributed by atoms with E-state index in [1.54, 1.807) is 11.9 Å². The summed E-state index contributed by atoms with van der Waals surface area (Å²) < 4.78 is 0. The molecular weight excluding hydrogens is 222 g/mol. The van der Waals surface area contributed by atoms with E-state index in [1.807, 2.05) is 6.07 Å². The number of rotatable bonds is 3. The zero-order chi connectivity index (χ0) is 12.8. The van der Waals surface area contributed by atoms with Crippen LogP contribution >= 0.6 is 0 Å². The molecule has 1 fully saturated rings. The number of carbonyl (C=O) groups is 2. The van der Waals surface area contributed by atoms with E-state index in [9.17, 15) is 9.59 Å². The summed E-state index contributed by atoms with van der Waals surface area (Å²) in [5, 5.41) is 17.3. The van der Waals surface area contributed by atoms with Gasteiger partial charge in [-0.3, -0.25) is 4.79 Å². The van der Waals surface area contributed by atoms with Crippen LogP contribution in [0.1, 0.15) is 19.3 Å². The van der Waals surface area contributed by atoms with Crippen molar-refractivity contribution in [2.75, 3.05) is 26.7 Å². The van der Waals surface area contributed by atoms with Gasteiger partial charge in [-0.2, -0.15) is 5.26 Å². The Morgan fingerprint density at radius 1 is 1.47 bits per heavy atom. The summed E-state index contributed by atoms with van der Waals surface area (Å²) in [5.74, 6) is -1.11. The standard InChI is InChI=1S/C11H17N3O3/c1-13(6-2-5-12)11(17)14-7-3-9(4-8-14)10(15)16/h9H,2-4,6-8H2,1H3,(H,15,16). The fourth-order valence-corrected chi connectivity index (χ4v) is 1.87. The van der Waals surface area contributed by atoms with Gasteiger partial charge in [0.1, 0.15) is 0 Å². The Labute approximate surface area is 100 Å². The summed E-state index contributed by atoms with van der Waals surface area (Å²) in [6.45, 7) is 1.37. The largest absolute Gasteiger partial charge is 0.481 e. The average Bonchev–Trinajstić information content (AvgIpc) is 2.35. The molecule has 0 bridgehead atoms. The lowest BCUT2D eigenvalue weighted by atomic mass is 9.97. The van der Waals surface area contributed by atoms with E-state index in [4.69, 9.17) is 10.4 Å². The molecule has 0 atom stereocenters. The van der Waals surface area contributed by atoms with Crippen LogP contribution in [0.3, 0.4) is 0 Å². The number of carbonyl (C=O) groups excluding carboxylic acids is 1. The Morgan fingerprint density at radius 3 is 2.53 bits per heavy atom. The van der Waals surface area contributed by atoms with Gasteiger partial charge in [-0.05, 0) is 12.8 Å². The van der Waals surface area contributed by atoms with Gasteiger partial charge in [-0.15, -0.1) is 0 Å². The van der Waals surface area contributed by atoms with E-state index < -0.39 is 5.97 Å². The van der Waals surface area contributed by atoms with Crippen molar-refractivity contribution in [3.63, 3.8) is 0 Å². The molecule has 6 nitrogen and oxygen atoms in total. The third-order valence-corrected chi connectivity index (χ3v) is 3.00. The molecule has 0 radical (unpaired) electrons. The summed E-state index contributed by atoms with van der Waals surface area (Å²) in [6.07, 6.45) is 1.33. The predicted octanol–water partition coefficient (Wildman–Crippen LogP) is 0.748. The highest BCUT2D eigenvalue weighted by molar-refractivity contribution is 5.75. The summed E-state index contributed by atoms with van der Waals surface area (Å²) in [5.41, 5.74) is 0. The summed E-state index contributed by atoms with van der Waals surface area (Å²) in [7, 11) is 1.66. The lowest BCUT2D eigenvalue weighted by Gasteiger charge is -2.33. The van der Waals surface area contributed by atoms with Gasteiger partial charge in [0.05, 0.1) is 18.4 Å². The lowest BCUT2D eigenvalue weighted by Crippen LogP contribution is -2.46. The predicted molar refractivity (Wildman–Crippen MR) is 60.2 cm³/mol. The number of hydrogen-bond donors (Lipinski definition) is 1. The van der Waals surface area contributed by atoms with Gasteiger partial charge in [-0.25, -0.2) is 4.79 Å². The Kier molecular flexibility index (Phi) is 4.76. The first-order valence-corrected chi connectivity index (χ1v) is 5.66. The minimum atomic E-state index is -0.782. The SMILES string of the molecule is CN(CCC#N)C(=O)N1CCC(C(=O)O)CC1. The van der Waals surface area contributed by atoms with Crippen molar-refractivity contribution in [2.24, 2.45) is 5.92 Å². The monoisotopic (exact) mass is 239 g/mol. The van der Waals surface area contributed by atoms with Crippen LogP contribution in [0.25, 0.3) is 0 Å². The van der Waals surface area contributed by atoms with Crippen molar-refractivity contribution >= 4 is 12.0 Å². The van der Waals surface area contributed by atoms with E-state index in [0.29, 0.717) is 38.9 Å². The van der Waals surface area contributed by atoms with Gasteiger partial charge in [0, 0.05) is 26.7 Å². The number of urea groups is 1. The molecule has 1 heterocycles. The molecule has 94 valence electrons.